The van der Waals surface area contributed by atoms with Gasteiger partial charge in [-0.25, -0.2) is 8.42 Å². The minimum absolute atomic E-state index is 0. The van der Waals surface area contributed by atoms with Gasteiger partial charge in [0, 0.05) is 0 Å². The molecular weight excluding hydrogens is 263 g/mol. The Morgan fingerprint density at radius 3 is 1.83 bits per heavy atom. The first kappa shape index (κ1) is 21.2. The fourth-order valence-corrected chi connectivity index (χ4v) is 2.35. The molecule has 0 amide bonds. The van der Waals surface area contributed by atoms with E-state index in [2.05, 4.69) is 18.0 Å². The molecule has 0 heterocycles. The summed E-state index contributed by atoms with van der Waals surface area (Å²) in [5.41, 5.74) is 0. The summed E-state index contributed by atoms with van der Waals surface area (Å²) in [7, 11) is -4.55. The third-order valence-corrected chi connectivity index (χ3v) is 3.27. The number of unbranched alkanes of at least 4 members (excludes halogenated alkanes) is 5. The summed E-state index contributed by atoms with van der Waals surface area (Å²) in [6.07, 6.45) is 8.26. The van der Waals surface area contributed by atoms with E-state index < -0.39 is 16.5 Å². The molecule has 1 unspecified atom stereocenters. The van der Waals surface area contributed by atoms with Crippen LogP contribution >= 0.6 is 0 Å². The average Bonchev–Trinajstić information content (AvgIpc) is 2.22. The zero-order valence-electron chi connectivity index (χ0n) is 12.0. The van der Waals surface area contributed by atoms with Crippen molar-refractivity contribution in [3.63, 3.8) is 0 Å². The Bertz CT molecular complexity index is 267. The molecule has 0 aromatic carbocycles. The van der Waals surface area contributed by atoms with Crippen LogP contribution in [0.25, 0.3) is 0 Å². The maximum Gasteiger partial charge on any atom is 1.00 e. The van der Waals surface area contributed by atoms with E-state index in [1.807, 2.05) is 0 Å². The molecule has 0 saturated carbocycles. The van der Waals surface area contributed by atoms with Crippen LogP contribution in [0.2, 0.25) is 0 Å². The van der Waals surface area contributed by atoms with Crippen LogP contribution in [-0.4, -0.2) is 19.1 Å². The van der Waals surface area contributed by atoms with Gasteiger partial charge in [-0.15, -0.1) is 0 Å². The molecule has 104 valence electrons. The second-order valence-electron chi connectivity index (χ2n) is 4.47. The Kier molecular flexibility index (Phi) is 15.2. The van der Waals surface area contributed by atoms with E-state index in [9.17, 15) is 13.0 Å². The van der Waals surface area contributed by atoms with E-state index in [1.54, 1.807) is 0 Å². The van der Waals surface area contributed by atoms with Crippen LogP contribution in [0, 0.1) is 0 Å². The third kappa shape index (κ3) is 14.9. The van der Waals surface area contributed by atoms with Gasteiger partial charge in [-0.2, -0.15) is 0 Å². The normalized spacial score (nSPS) is 13.1. The van der Waals surface area contributed by atoms with Crippen molar-refractivity contribution >= 4 is 10.4 Å². The molecule has 0 rings (SSSR count). The van der Waals surface area contributed by atoms with E-state index in [0.29, 0.717) is 12.8 Å². The summed E-state index contributed by atoms with van der Waals surface area (Å²) in [5, 5.41) is 0. The quantitative estimate of drug-likeness (QED) is 0.239. The number of hydrogen-bond acceptors (Lipinski definition) is 4. The van der Waals surface area contributed by atoms with Crippen LogP contribution in [0.4, 0.5) is 0 Å². The van der Waals surface area contributed by atoms with Crippen LogP contribution in [0.15, 0.2) is 0 Å². The van der Waals surface area contributed by atoms with Crippen LogP contribution in [-0.2, 0) is 14.6 Å². The van der Waals surface area contributed by atoms with Gasteiger partial charge in [0.05, 0.1) is 6.10 Å². The Morgan fingerprint density at radius 1 is 0.944 bits per heavy atom. The molecule has 0 aromatic heterocycles. The van der Waals surface area contributed by atoms with Gasteiger partial charge in [-0.05, 0) is 12.8 Å². The fourth-order valence-electron chi connectivity index (χ4n) is 1.83. The maximum absolute atomic E-state index is 10.6. The molecule has 0 fully saturated rings. The van der Waals surface area contributed by atoms with Crippen LogP contribution in [0.5, 0.6) is 0 Å². The zero-order chi connectivity index (χ0) is 13.1. The first-order valence-electron chi connectivity index (χ1n) is 6.63. The Hall–Kier alpha value is 0.870. The van der Waals surface area contributed by atoms with Gasteiger partial charge >= 0.3 is 29.6 Å². The minimum Gasteiger partial charge on any atom is -0.726 e. The van der Waals surface area contributed by atoms with Crippen molar-refractivity contribution in [3.8, 4) is 0 Å². The second kappa shape index (κ2) is 12.9. The van der Waals surface area contributed by atoms with Gasteiger partial charge in [0.15, 0.2) is 0 Å². The SMILES string of the molecule is CCCCCCC(CCCCC)OS(=O)(=O)[O-].[Na+]. The molecule has 0 aliphatic rings. The molecule has 6 heteroatoms. The first-order valence-corrected chi connectivity index (χ1v) is 7.97. The average molecular weight is 288 g/mol. The van der Waals surface area contributed by atoms with Crippen molar-refractivity contribution in [1.82, 2.24) is 0 Å². The first-order chi connectivity index (χ1) is 7.99. The van der Waals surface area contributed by atoms with Crippen molar-refractivity contribution in [2.24, 2.45) is 0 Å². The summed E-state index contributed by atoms with van der Waals surface area (Å²) >= 11 is 0. The molecule has 18 heavy (non-hydrogen) atoms. The molecule has 4 nitrogen and oxygen atoms in total. The topological polar surface area (TPSA) is 66.4 Å². The second-order valence-corrected chi connectivity index (χ2v) is 5.48. The maximum atomic E-state index is 10.6. The molecule has 0 bridgehead atoms. The van der Waals surface area contributed by atoms with Gasteiger partial charge in [0.25, 0.3) is 0 Å². The van der Waals surface area contributed by atoms with Crippen molar-refractivity contribution in [3.05, 3.63) is 0 Å². The Morgan fingerprint density at radius 2 is 1.39 bits per heavy atom. The summed E-state index contributed by atoms with van der Waals surface area (Å²) in [4.78, 5) is 0. The largest absolute Gasteiger partial charge is 1.00 e. The van der Waals surface area contributed by atoms with Crippen LogP contribution < -0.4 is 29.6 Å². The fraction of sp³-hybridized carbons (Fsp3) is 1.00. The number of rotatable bonds is 11. The minimum atomic E-state index is -4.55. The summed E-state index contributed by atoms with van der Waals surface area (Å²) in [5.74, 6) is 0. The van der Waals surface area contributed by atoms with E-state index in [1.165, 1.54) is 0 Å². The summed E-state index contributed by atoms with van der Waals surface area (Å²) < 4.78 is 36.3. The molecule has 0 aliphatic heterocycles. The molecule has 0 N–H and O–H groups in total. The standard InChI is InChI=1S/C12H26O4S.Na/c1-3-5-7-9-11-12(10-8-6-4-2)16-17(13,14)15;/h12H,3-11H2,1-2H3,(H,13,14,15);/q;+1/p-1. The third-order valence-electron chi connectivity index (χ3n) is 2.76. The van der Waals surface area contributed by atoms with E-state index in [-0.39, 0.29) is 29.6 Å². The van der Waals surface area contributed by atoms with Gasteiger partial charge in [0.2, 0.25) is 10.4 Å². The predicted molar refractivity (Wildman–Crippen MR) is 67.5 cm³/mol. The Balaban J connectivity index is 0. The smallest absolute Gasteiger partial charge is 0.726 e. The van der Waals surface area contributed by atoms with Crippen LogP contribution in [0.1, 0.15) is 71.6 Å². The molecule has 0 saturated heterocycles. The monoisotopic (exact) mass is 288 g/mol. The summed E-state index contributed by atoms with van der Waals surface area (Å²) in [6.45, 7) is 4.21. The predicted octanol–water partition coefficient (Wildman–Crippen LogP) is 0.387. The molecule has 0 spiro atoms. The van der Waals surface area contributed by atoms with Crippen molar-refractivity contribution < 1.29 is 46.7 Å². The van der Waals surface area contributed by atoms with Crippen molar-refractivity contribution in [2.75, 3.05) is 0 Å². The molecule has 0 aliphatic carbocycles. The summed E-state index contributed by atoms with van der Waals surface area (Å²) in [6, 6.07) is 0. The van der Waals surface area contributed by atoms with E-state index in [0.717, 1.165) is 44.9 Å². The van der Waals surface area contributed by atoms with Crippen molar-refractivity contribution in [1.29, 1.82) is 0 Å². The van der Waals surface area contributed by atoms with Gasteiger partial charge in [-0.1, -0.05) is 58.8 Å². The molecule has 1 atom stereocenters. The van der Waals surface area contributed by atoms with Gasteiger partial charge in [-0.3, -0.25) is 4.18 Å². The van der Waals surface area contributed by atoms with Crippen molar-refractivity contribution in [2.45, 2.75) is 77.7 Å². The van der Waals surface area contributed by atoms with E-state index in [4.69, 9.17) is 0 Å². The van der Waals surface area contributed by atoms with Crippen LogP contribution in [0.3, 0.4) is 0 Å². The zero-order valence-corrected chi connectivity index (χ0v) is 14.8. The van der Waals surface area contributed by atoms with Gasteiger partial charge in [0.1, 0.15) is 0 Å². The molecule has 0 aromatic rings. The Labute approximate surface area is 134 Å². The molecular formula is C12H25NaO4S. The van der Waals surface area contributed by atoms with E-state index >= 15 is 0 Å². The number of hydrogen-bond donors (Lipinski definition) is 0. The van der Waals surface area contributed by atoms with Gasteiger partial charge < -0.3 is 4.55 Å². The molecule has 0 radical (unpaired) electrons.